The number of fused-ring (bicyclic) bond motifs is 2. The number of carbonyl (C=O) groups excluding carboxylic acids is 1. The van der Waals surface area contributed by atoms with Crippen LogP contribution in [0.5, 0.6) is 0 Å². The van der Waals surface area contributed by atoms with Gasteiger partial charge in [-0.25, -0.2) is 22.7 Å². The number of halogens is 4. The lowest BCUT2D eigenvalue weighted by Gasteiger charge is -2.24. The average molecular weight is 418 g/mol. The number of rotatable bonds is 3. The highest BCUT2D eigenvalue weighted by molar-refractivity contribution is 5.98. The van der Waals surface area contributed by atoms with Crippen molar-refractivity contribution in [2.75, 3.05) is 7.05 Å². The normalized spacial score (nSPS) is 12.5. The second-order valence-corrected chi connectivity index (χ2v) is 6.87. The molecule has 2 N–H and O–H groups in total. The van der Waals surface area contributed by atoms with Gasteiger partial charge in [0.25, 0.3) is 11.5 Å². The van der Waals surface area contributed by atoms with E-state index in [0.717, 1.165) is 18.2 Å². The molecule has 2 aromatic carbocycles. The molecule has 0 saturated carbocycles. The van der Waals surface area contributed by atoms with Crippen molar-refractivity contribution in [3.63, 3.8) is 0 Å². The zero-order valence-electron chi connectivity index (χ0n) is 15.7. The predicted octanol–water partition coefficient (Wildman–Crippen LogP) is 3.79. The first-order valence-electron chi connectivity index (χ1n) is 8.79. The molecule has 4 aromatic rings. The molecule has 0 spiro atoms. The Hall–Kier alpha value is -3.69. The van der Waals surface area contributed by atoms with Crippen LogP contribution in [0, 0.1) is 23.3 Å². The van der Waals surface area contributed by atoms with Crippen LogP contribution in [0.1, 0.15) is 29.1 Å². The number of hydrogen-bond acceptors (Lipinski definition) is 3. The van der Waals surface area contributed by atoms with Crippen LogP contribution in [0.3, 0.4) is 0 Å². The van der Waals surface area contributed by atoms with E-state index in [9.17, 15) is 27.2 Å². The van der Waals surface area contributed by atoms with Crippen LogP contribution in [-0.2, 0) is 0 Å². The fourth-order valence-electron chi connectivity index (χ4n) is 3.32. The van der Waals surface area contributed by atoms with Gasteiger partial charge in [-0.2, -0.15) is 5.10 Å². The molecular weight excluding hydrogens is 404 g/mol. The number of aromatic amines is 2. The van der Waals surface area contributed by atoms with Crippen molar-refractivity contribution >= 4 is 27.6 Å². The summed E-state index contributed by atoms with van der Waals surface area (Å²) in [5.74, 6) is -4.54. The maximum atomic E-state index is 13.9. The minimum Gasteiger partial charge on any atom is -0.350 e. The van der Waals surface area contributed by atoms with Gasteiger partial charge < -0.3 is 9.88 Å². The minimum atomic E-state index is -1.19. The average Bonchev–Trinajstić information content (AvgIpc) is 3.12. The van der Waals surface area contributed by atoms with Crippen LogP contribution >= 0.6 is 0 Å². The molecule has 10 heteroatoms. The Kier molecular flexibility index (Phi) is 4.56. The van der Waals surface area contributed by atoms with Crippen LogP contribution in [0.2, 0.25) is 0 Å². The van der Waals surface area contributed by atoms with Crippen molar-refractivity contribution in [1.82, 2.24) is 20.1 Å². The third kappa shape index (κ3) is 3.10. The van der Waals surface area contributed by atoms with Gasteiger partial charge >= 0.3 is 0 Å². The Morgan fingerprint density at radius 2 is 1.63 bits per heavy atom. The summed E-state index contributed by atoms with van der Waals surface area (Å²) >= 11 is 0. The Labute approximate surface area is 166 Å². The van der Waals surface area contributed by atoms with E-state index in [2.05, 4.69) is 15.2 Å². The van der Waals surface area contributed by atoms with Gasteiger partial charge in [-0.15, -0.1) is 0 Å². The van der Waals surface area contributed by atoms with Gasteiger partial charge in [0.1, 0.15) is 17.3 Å². The number of nitrogens with zero attached hydrogens (tertiary/aromatic N) is 2. The molecule has 2 aromatic heterocycles. The van der Waals surface area contributed by atoms with E-state index >= 15 is 0 Å². The van der Waals surface area contributed by atoms with Gasteiger partial charge in [0.05, 0.1) is 22.6 Å². The number of carbonyl (C=O) groups is 1. The zero-order valence-corrected chi connectivity index (χ0v) is 15.7. The number of nitrogens with one attached hydrogen (secondary N) is 2. The summed E-state index contributed by atoms with van der Waals surface area (Å²) < 4.78 is 54.7. The lowest BCUT2D eigenvalue weighted by atomic mass is 10.1. The summed E-state index contributed by atoms with van der Waals surface area (Å²) in [4.78, 5) is 28.7. The lowest BCUT2D eigenvalue weighted by Crippen LogP contribution is -2.31. The highest BCUT2D eigenvalue weighted by Crippen LogP contribution is 2.27. The van der Waals surface area contributed by atoms with Crippen LogP contribution in [0.4, 0.5) is 17.6 Å². The van der Waals surface area contributed by atoms with Crippen molar-refractivity contribution in [3.8, 4) is 0 Å². The van der Waals surface area contributed by atoms with E-state index in [1.165, 1.54) is 18.0 Å². The number of amides is 1. The van der Waals surface area contributed by atoms with Gasteiger partial charge in [-0.1, -0.05) is 0 Å². The smallest absolute Gasteiger partial charge is 0.272 e. The standard InChI is InChI=1S/C20H14F4N4O2/c1-8(18-10-5-14(23)15(24)6-11(10)19(29)27-26-18)28(2)20(30)17-7-12-13(22)3-9(21)4-16(12)25-17/h3-8,25H,1-2H3,(H,27,29)/t8-/m0/s1. The Balaban J connectivity index is 1.75. The zero-order chi connectivity index (χ0) is 21.7. The fraction of sp³-hybridized carbons (Fsp3) is 0.150. The summed E-state index contributed by atoms with van der Waals surface area (Å²) in [5, 5.41) is 6.09. The Morgan fingerprint density at radius 3 is 2.33 bits per heavy atom. The van der Waals surface area contributed by atoms with Gasteiger partial charge in [-0.05, 0) is 31.2 Å². The minimum absolute atomic E-state index is 0.00481. The van der Waals surface area contributed by atoms with Crippen molar-refractivity contribution in [2.24, 2.45) is 0 Å². The molecule has 0 unspecified atom stereocenters. The first-order chi connectivity index (χ1) is 14.2. The number of hydrogen-bond donors (Lipinski definition) is 2. The van der Waals surface area contributed by atoms with Gasteiger partial charge in [0.15, 0.2) is 11.6 Å². The molecule has 30 heavy (non-hydrogen) atoms. The molecular formula is C20H14F4N4O2. The monoisotopic (exact) mass is 418 g/mol. The Bertz CT molecular complexity index is 1380. The second kappa shape index (κ2) is 6.97. The SMILES string of the molecule is C[C@@H](c1n[nH]c(=O)c2cc(F)c(F)cc12)N(C)C(=O)c1cc2c(F)cc(F)cc2[nH]1. The summed E-state index contributed by atoms with van der Waals surface area (Å²) in [5.41, 5.74) is -0.466. The highest BCUT2D eigenvalue weighted by atomic mass is 19.2. The summed E-state index contributed by atoms with van der Waals surface area (Å²) in [6, 6.07) is 3.85. The number of benzene rings is 2. The molecule has 1 atom stereocenters. The van der Waals surface area contributed by atoms with Gasteiger partial charge in [0.2, 0.25) is 0 Å². The molecule has 0 aliphatic heterocycles. The molecule has 0 fully saturated rings. The van der Waals surface area contributed by atoms with Crippen molar-refractivity contribution in [2.45, 2.75) is 13.0 Å². The van der Waals surface area contributed by atoms with Crippen molar-refractivity contribution in [1.29, 1.82) is 0 Å². The number of aromatic nitrogens is 3. The quantitative estimate of drug-likeness (QED) is 0.497. The summed E-state index contributed by atoms with van der Waals surface area (Å²) in [7, 11) is 1.42. The van der Waals surface area contributed by atoms with Crippen LogP contribution < -0.4 is 5.56 Å². The fourth-order valence-corrected chi connectivity index (χ4v) is 3.32. The van der Waals surface area contributed by atoms with E-state index in [-0.39, 0.29) is 33.1 Å². The van der Waals surface area contributed by atoms with E-state index < -0.39 is 40.8 Å². The number of H-pyrrole nitrogens is 2. The molecule has 4 rings (SSSR count). The molecule has 0 bridgehead atoms. The third-order valence-corrected chi connectivity index (χ3v) is 5.04. The van der Waals surface area contributed by atoms with Crippen molar-refractivity contribution in [3.05, 3.63) is 75.3 Å². The molecule has 0 radical (unpaired) electrons. The third-order valence-electron chi connectivity index (χ3n) is 5.04. The maximum absolute atomic E-state index is 13.9. The molecule has 0 aliphatic carbocycles. The van der Waals surface area contributed by atoms with E-state index in [1.807, 2.05) is 0 Å². The van der Waals surface area contributed by atoms with Crippen molar-refractivity contribution < 1.29 is 22.4 Å². The van der Waals surface area contributed by atoms with Gasteiger partial charge in [-0.3, -0.25) is 9.59 Å². The van der Waals surface area contributed by atoms with Crippen LogP contribution in [0.15, 0.2) is 35.1 Å². The van der Waals surface area contributed by atoms with Gasteiger partial charge in [0, 0.05) is 23.9 Å². The largest absolute Gasteiger partial charge is 0.350 e. The van der Waals surface area contributed by atoms with E-state index in [4.69, 9.17) is 0 Å². The summed E-state index contributed by atoms with van der Waals surface area (Å²) in [6.45, 7) is 1.57. The second-order valence-electron chi connectivity index (χ2n) is 6.87. The van der Waals surface area contributed by atoms with E-state index in [0.29, 0.717) is 6.07 Å². The molecule has 1 amide bonds. The lowest BCUT2D eigenvalue weighted by molar-refractivity contribution is 0.0735. The van der Waals surface area contributed by atoms with Crippen LogP contribution in [-0.4, -0.2) is 33.0 Å². The molecule has 0 aliphatic rings. The highest BCUT2D eigenvalue weighted by Gasteiger charge is 2.25. The first kappa shape index (κ1) is 19.6. The maximum Gasteiger partial charge on any atom is 0.272 e. The molecule has 0 saturated heterocycles. The molecule has 6 nitrogen and oxygen atoms in total. The van der Waals surface area contributed by atoms with Crippen LogP contribution in [0.25, 0.3) is 21.7 Å². The summed E-state index contributed by atoms with van der Waals surface area (Å²) in [6.07, 6.45) is 0. The first-order valence-corrected chi connectivity index (χ1v) is 8.79. The predicted molar refractivity (Wildman–Crippen MR) is 101 cm³/mol. The van der Waals surface area contributed by atoms with E-state index in [1.54, 1.807) is 6.92 Å². The Morgan fingerprint density at radius 1 is 0.967 bits per heavy atom. The topological polar surface area (TPSA) is 81.8 Å². The molecule has 154 valence electrons. The molecule has 2 heterocycles.